The van der Waals surface area contributed by atoms with E-state index in [2.05, 4.69) is 17.3 Å². The Kier molecular flexibility index (Phi) is 4.92. The third kappa shape index (κ3) is 3.90. The first-order chi connectivity index (χ1) is 11.3. The molecule has 1 fully saturated rings. The van der Waals surface area contributed by atoms with Gasteiger partial charge in [0.2, 0.25) is 5.91 Å². The quantitative estimate of drug-likeness (QED) is 0.916. The van der Waals surface area contributed by atoms with Crippen LogP contribution in [0.3, 0.4) is 0 Å². The molecule has 1 unspecified atom stereocenters. The van der Waals surface area contributed by atoms with Crippen LogP contribution < -0.4 is 5.32 Å². The number of hydrogen-bond acceptors (Lipinski definition) is 4. The normalized spacial score (nSPS) is 18.0. The predicted octanol–water partition coefficient (Wildman–Crippen LogP) is 1.92. The molecule has 6 nitrogen and oxygen atoms in total. The Balaban J connectivity index is 1.54. The van der Waals surface area contributed by atoms with E-state index in [1.54, 1.807) is 4.68 Å². The number of nitrogens with one attached hydrogen (secondary N) is 1. The number of aromatic nitrogens is 2. The van der Waals surface area contributed by atoms with Crippen LogP contribution in [0.25, 0.3) is 5.69 Å². The van der Waals surface area contributed by atoms with Gasteiger partial charge in [0.1, 0.15) is 5.82 Å². The van der Waals surface area contributed by atoms with E-state index in [4.69, 9.17) is 4.74 Å². The van der Waals surface area contributed by atoms with Crippen LogP contribution in [0.15, 0.2) is 42.6 Å². The number of morpholine rings is 1. The Hall–Kier alpha value is -2.34. The second-order valence-corrected chi connectivity index (χ2v) is 5.58. The maximum absolute atomic E-state index is 12.3. The summed E-state index contributed by atoms with van der Waals surface area (Å²) in [5, 5.41) is 7.54. The van der Waals surface area contributed by atoms with Crippen molar-refractivity contribution in [2.75, 3.05) is 31.6 Å². The van der Waals surface area contributed by atoms with Crippen molar-refractivity contribution in [3.63, 3.8) is 0 Å². The molecule has 1 N–H and O–H groups in total. The number of amides is 1. The van der Waals surface area contributed by atoms with Crippen LogP contribution in [0.1, 0.15) is 13.3 Å². The van der Waals surface area contributed by atoms with Crippen molar-refractivity contribution in [2.45, 2.75) is 19.4 Å². The minimum atomic E-state index is 0.0843. The monoisotopic (exact) mass is 314 g/mol. The van der Waals surface area contributed by atoms with Crippen molar-refractivity contribution in [1.29, 1.82) is 0 Å². The Labute approximate surface area is 136 Å². The lowest BCUT2D eigenvalue weighted by Crippen LogP contribution is -2.47. The molecule has 1 aliphatic heterocycles. The highest BCUT2D eigenvalue weighted by Gasteiger charge is 2.22. The largest absolute Gasteiger partial charge is 0.375 e. The molecule has 1 aromatic heterocycles. The lowest BCUT2D eigenvalue weighted by Gasteiger charge is -2.32. The van der Waals surface area contributed by atoms with Gasteiger partial charge < -0.3 is 15.0 Å². The van der Waals surface area contributed by atoms with Gasteiger partial charge in [-0.3, -0.25) is 4.79 Å². The van der Waals surface area contributed by atoms with E-state index in [1.165, 1.54) is 0 Å². The van der Waals surface area contributed by atoms with E-state index >= 15 is 0 Å². The summed E-state index contributed by atoms with van der Waals surface area (Å²) in [6.45, 7) is 4.28. The average molecular weight is 314 g/mol. The number of rotatable bonds is 5. The number of para-hydroxylation sites is 1. The number of carbonyl (C=O) groups is 1. The highest BCUT2D eigenvalue weighted by atomic mass is 16.5. The van der Waals surface area contributed by atoms with Gasteiger partial charge >= 0.3 is 0 Å². The summed E-state index contributed by atoms with van der Waals surface area (Å²) < 4.78 is 7.38. The minimum absolute atomic E-state index is 0.0843. The van der Waals surface area contributed by atoms with Gasteiger partial charge in [0.05, 0.1) is 24.9 Å². The number of ether oxygens (including phenoxy) is 1. The zero-order chi connectivity index (χ0) is 16.1. The summed E-state index contributed by atoms with van der Waals surface area (Å²) in [7, 11) is 0. The second kappa shape index (κ2) is 7.28. The molecule has 6 heteroatoms. The van der Waals surface area contributed by atoms with E-state index in [9.17, 15) is 4.79 Å². The Morgan fingerprint density at radius 1 is 1.35 bits per heavy atom. The molecule has 1 amide bonds. The molecule has 0 radical (unpaired) electrons. The standard InChI is InChI=1S/C17H22N4O2/c1-2-15-13-20(10-11-23-15)17(22)12-18-16-8-9-21(19-16)14-6-4-3-5-7-14/h3-9,15H,2,10-13H2,1H3,(H,18,19). The van der Waals surface area contributed by atoms with Crippen molar-refractivity contribution < 1.29 is 9.53 Å². The first kappa shape index (κ1) is 15.6. The Bertz CT molecular complexity index is 641. The molecule has 2 aromatic rings. The van der Waals surface area contributed by atoms with Gasteiger partial charge in [-0.2, -0.15) is 5.10 Å². The summed E-state index contributed by atoms with van der Waals surface area (Å²) >= 11 is 0. The Morgan fingerprint density at radius 3 is 2.96 bits per heavy atom. The van der Waals surface area contributed by atoms with E-state index in [0.29, 0.717) is 25.5 Å². The Morgan fingerprint density at radius 2 is 2.17 bits per heavy atom. The fourth-order valence-electron chi connectivity index (χ4n) is 2.61. The zero-order valence-corrected chi connectivity index (χ0v) is 13.3. The van der Waals surface area contributed by atoms with E-state index in [0.717, 1.165) is 12.1 Å². The van der Waals surface area contributed by atoms with E-state index < -0.39 is 0 Å². The van der Waals surface area contributed by atoms with Gasteiger partial charge in [-0.05, 0) is 18.6 Å². The minimum Gasteiger partial charge on any atom is -0.375 e. The average Bonchev–Trinajstić information content (AvgIpc) is 3.09. The fourth-order valence-corrected chi connectivity index (χ4v) is 2.61. The van der Waals surface area contributed by atoms with Gasteiger partial charge in [-0.15, -0.1) is 0 Å². The van der Waals surface area contributed by atoms with Crippen LogP contribution in [0.4, 0.5) is 5.82 Å². The highest BCUT2D eigenvalue weighted by molar-refractivity contribution is 5.80. The summed E-state index contributed by atoms with van der Waals surface area (Å²) in [6.07, 6.45) is 2.97. The van der Waals surface area contributed by atoms with Gasteiger partial charge in [-0.1, -0.05) is 25.1 Å². The highest BCUT2D eigenvalue weighted by Crippen LogP contribution is 2.11. The summed E-state index contributed by atoms with van der Waals surface area (Å²) in [4.78, 5) is 14.1. The third-order valence-corrected chi connectivity index (χ3v) is 3.98. The van der Waals surface area contributed by atoms with Crippen molar-refractivity contribution in [3.05, 3.63) is 42.6 Å². The molecule has 23 heavy (non-hydrogen) atoms. The summed E-state index contributed by atoms with van der Waals surface area (Å²) in [6, 6.07) is 11.7. The zero-order valence-electron chi connectivity index (χ0n) is 13.3. The third-order valence-electron chi connectivity index (χ3n) is 3.98. The lowest BCUT2D eigenvalue weighted by atomic mass is 10.2. The van der Waals surface area contributed by atoms with Crippen LogP contribution in [0, 0.1) is 0 Å². The summed E-state index contributed by atoms with van der Waals surface area (Å²) in [5.74, 6) is 0.781. The number of hydrogen-bond donors (Lipinski definition) is 1. The van der Waals surface area contributed by atoms with Crippen LogP contribution in [-0.2, 0) is 9.53 Å². The first-order valence-corrected chi connectivity index (χ1v) is 8.00. The van der Waals surface area contributed by atoms with Gasteiger partial charge in [-0.25, -0.2) is 4.68 Å². The van der Waals surface area contributed by atoms with Crippen LogP contribution in [0.5, 0.6) is 0 Å². The molecular formula is C17H22N4O2. The van der Waals surface area contributed by atoms with E-state index in [-0.39, 0.29) is 18.6 Å². The first-order valence-electron chi connectivity index (χ1n) is 8.00. The number of anilines is 1. The molecule has 0 spiro atoms. The summed E-state index contributed by atoms with van der Waals surface area (Å²) in [5.41, 5.74) is 0.992. The molecule has 0 bridgehead atoms. The maximum Gasteiger partial charge on any atom is 0.242 e. The maximum atomic E-state index is 12.3. The molecule has 1 saturated heterocycles. The van der Waals surface area contributed by atoms with Crippen LogP contribution in [-0.4, -0.2) is 52.9 Å². The molecule has 1 aromatic carbocycles. The number of nitrogens with zero attached hydrogens (tertiary/aromatic N) is 3. The molecule has 1 aliphatic rings. The topological polar surface area (TPSA) is 59.4 Å². The van der Waals surface area contributed by atoms with Crippen molar-refractivity contribution >= 4 is 11.7 Å². The lowest BCUT2D eigenvalue weighted by molar-refractivity contribution is -0.136. The molecule has 1 atom stereocenters. The SMILES string of the molecule is CCC1CN(C(=O)CNc2ccn(-c3ccccc3)n2)CCO1. The molecule has 0 saturated carbocycles. The molecule has 3 rings (SSSR count). The van der Waals surface area contributed by atoms with Crippen LogP contribution in [0.2, 0.25) is 0 Å². The number of benzene rings is 1. The van der Waals surface area contributed by atoms with Crippen molar-refractivity contribution in [2.24, 2.45) is 0 Å². The smallest absolute Gasteiger partial charge is 0.242 e. The second-order valence-electron chi connectivity index (χ2n) is 5.58. The number of carbonyl (C=O) groups excluding carboxylic acids is 1. The molecule has 122 valence electrons. The predicted molar refractivity (Wildman–Crippen MR) is 88.7 cm³/mol. The van der Waals surface area contributed by atoms with Crippen molar-refractivity contribution in [1.82, 2.24) is 14.7 Å². The fraction of sp³-hybridized carbons (Fsp3) is 0.412. The molecule has 2 heterocycles. The molecule has 0 aliphatic carbocycles. The molecular weight excluding hydrogens is 292 g/mol. The van der Waals surface area contributed by atoms with Gasteiger partial charge in [0, 0.05) is 25.4 Å². The van der Waals surface area contributed by atoms with Gasteiger partial charge in [0.25, 0.3) is 0 Å². The van der Waals surface area contributed by atoms with Crippen LogP contribution >= 0.6 is 0 Å². The van der Waals surface area contributed by atoms with Crippen molar-refractivity contribution in [3.8, 4) is 5.69 Å². The van der Waals surface area contributed by atoms with Gasteiger partial charge in [0.15, 0.2) is 0 Å². The van der Waals surface area contributed by atoms with E-state index in [1.807, 2.05) is 47.5 Å².